The van der Waals surface area contributed by atoms with Crippen molar-refractivity contribution in [1.29, 1.82) is 0 Å². The van der Waals surface area contributed by atoms with Crippen LogP contribution in [0, 0.1) is 0 Å². The molecule has 1 atom stereocenters. The summed E-state index contributed by atoms with van der Waals surface area (Å²) in [5.41, 5.74) is 9.78. The predicted molar refractivity (Wildman–Crippen MR) is 135 cm³/mol. The molecule has 1 unspecified atom stereocenters. The summed E-state index contributed by atoms with van der Waals surface area (Å²) in [4.78, 5) is 28.8. The first-order chi connectivity index (χ1) is 17.0. The third-order valence-corrected chi connectivity index (χ3v) is 7.74. The summed E-state index contributed by atoms with van der Waals surface area (Å²) < 4.78 is 1.84. The van der Waals surface area contributed by atoms with E-state index in [2.05, 4.69) is 51.8 Å². The molecular weight excluding hydrogens is 438 g/mol. The summed E-state index contributed by atoms with van der Waals surface area (Å²) in [6.45, 7) is 4.60. The molecule has 0 aliphatic carbocycles. The Bertz CT molecular complexity index is 1330. The molecule has 1 N–H and O–H groups in total. The lowest BCUT2D eigenvalue weighted by Crippen LogP contribution is -2.32. The molecule has 2 amide bonds. The minimum atomic E-state index is 0.103. The van der Waals surface area contributed by atoms with Crippen LogP contribution >= 0.6 is 0 Å². The highest BCUT2D eigenvalue weighted by Gasteiger charge is 2.31. The van der Waals surface area contributed by atoms with Crippen LogP contribution < -0.4 is 10.2 Å². The first-order valence-electron chi connectivity index (χ1n) is 12.5. The fraction of sp³-hybridized carbons (Fsp3) is 0.393. The Labute approximate surface area is 205 Å². The number of fused-ring (bicyclic) bond motifs is 2. The lowest BCUT2D eigenvalue weighted by Gasteiger charge is -2.34. The standard InChI is InChI=1S/C28H31N5O2/c1-18(34)32-16-23-11-22(20-7-8-29-28(35)13-20)12-27(25(23)17-32)33-9-3-4-21-10-19(5-6-26(21)33)24-14-30-31(2)15-24/h5-6,10-12,14-15,20H,3-4,7-9,13,16-17H2,1-2H3,(H,29,35). The fourth-order valence-electron chi connectivity index (χ4n) is 5.88. The third kappa shape index (κ3) is 3.99. The summed E-state index contributed by atoms with van der Waals surface area (Å²) in [7, 11) is 1.94. The number of nitrogens with zero attached hydrogens (tertiary/aromatic N) is 4. The van der Waals surface area contributed by atoms with Gasteiger partial charge >= 0.3 is 0 Å². The minimum absolute atomic E-state index is 0.103. The number of hydrogen-bond acceptors (Lipinski definition) is 4. The van der Waals surface area contributed by atoms with E-state index in [1.807, 2.05) is 22.8 Å². The average molecular weight is 470 g/mol. The van der Waals surface area contributed by atoms with Gasteiger partial charge in [0.05, 0.1) is 6.20 Å². The summed E-state index contributed by atoms with van der Waals surface area (Å²) >= 11 is 0. The quantitative estimate of drug-likeness (QED) is 0.629. The van der Waals surface area contributed by atoms with E-state index in [1.54, 1.807) is 6.92 Å². The van der Waals surface area contributed by atoms with Gasteiger partial charge in [-0.15, -0.1) is 0 Å². The molecule has 0 saturated carbocycles. The number of anilines is 2. The Hall–Kier alpha value is -3.61. The SMILES string of the molecule is CC(=O)N1Cc2cc(C3CCNC(=O)C3)cc(N3CCCc4cc(-c5cnn(C)c5)ccc43)c2C1. The topological polar surface area (TPSA) is 70.5 Å². The number of aromatic nitrogens is 2. The van der Waals surface area contributed by atoms with Gasteiger partial charge in [-0.2, -0.15) is 5.10 Å². The Morgan fingerprint density at radius 3 is 2.74 bits per heavy atom. The number of nitrogens with one attached hydrogen (secondary N) is 1. The molecule has 7 nitrogen and oxygen atoms in total. The summed E-state index contributed by atoms with van der Waals surface area (Å²) in [5.74, 6) is 0.446. The van der Waals surface area contributed by atoms with Crippen LogP contribution in [0.15, 0.2) is 42.7 Å². The van der Waals surface area contributed by atoms with Crippen molar-refractivity contribution in [1.82, 2.24) is 20.0 Å². The van der Waals surface area contributed by atoms with Crippen LogP contribution in [0.1, 0.15) is 54.4 Å². The lowest BCUT2D eigenvalue weighted by atomic mass is 9.87. The molecule has 3 aliphatic rings. The Morgan fingerprint density at radius 2 is 1.97 bits per heavy atom. The van der Waals surface area contributed by atoms with E-state index >= 15 is 0 Å². The zero-order valence-corrected chi connectivity index (χ0v) is 20.4. The molecule has 7 heteroatoms. The van der Waals surface area contributed by atoms with Crippen molar-refractivity contribution in [2.75, 3.05) is 18.0 Å². The van der Waals surface area contributed by atoms with E-state index < -0.39 is 0 Å². The normalized spacial score (nSPS) is 19.4. The van der Waals surface area contributed by atoms with Crippen molar-refractivity contribution in [2.24, 2.45) is 7.05 Å². The van der Waals surface area contributed by atoms with E-state index in [1.165, 1.54) is 39.2 Å². The largest absolute Gasteiger partial charge is 0.356 e. The zero-order valence-electron chi connectivity index (χ0n) is 20.4. The molecule has 0 spiro atoms. The molecule has 3 aliphatic heterocycles. The van der Waals surface area contributed by atoms with Crippen LogP contribution in [0.4, 0.5) is 11.4 Å². The molecule has 6 rings (SSSR count). The van der Waals surface area contributed by atoms with Gasteiger partial charge in [0.15, 0.2) is 0 Å². The van der Waals surface area contributed by atoms with E-state index in [4.69, 9.17) is 0 Å². The van der Waals surface area contributed by atoms with Gasteiger partial charge in [0.25, 0.3) is 0 Å². The van der Waals surface area contributed by atoms with Crippen molar-refractivity contribution in [3.8, 4) is 11.1 Å². The van der Waals surface area contributed by atoms with Gasteiger partial charge in [-0.1, -0.05) is 12.1 Å². The summed E-state index contributed by atoms with van der Waals surface area (Å²) in [6, 6.07) is 11.3. The fourth-order valence-corrected chi connectivity index (χ4v) is 5.88. The molecule has 0 bridgehead atoms. The maximum atomic E-state index is 12.3. The predicted octanol–water partition coefficient (Wildman–Crippen LogP) is 4.03. The second kappa shape index (κ2) is 8.56. The number of carbonyl (C=O) groups is 2. The second-order valence-electron chi connectivity index (χ2n) is 10.1. The van der Waals surface area contributed by atoms with Gasteiger partial charge in [-0.25, -0.2) is 0 Å². The van der Waals surface area contributed by atoms with Crippen LogP contribution in [-0.2, 0) is 36.1 Å². The van der Waals surface area contributed by atoms with Gasteiger partial charge in [0.1, 0.15) is 0 Å². The minimum Gasteiger partial charge on any atom is -0.356 e. The number of carbonyl (C=O) groups excluding carboxylic acids is 2. The molecule has 35 heavy (non-hydrogen) atoms. The van der Waals surface area contributed by atoms with E-state index in [0.717, 1.165) is 37.9 Å². The molecule has 0 radical (unpaired) electrons. The summed E-state index contributed by atoms with van der Waals surface area (Å²) in [5, 5.41) is 7.29. The van der Waals surface area contributed by atoms with E-state index in [9.17, 15) is 9.59 Å². The zero-order chi connectivity index (χ0) is 24.1. The van der Waals surface area contributed by atoms with Crippen LogP contribution in [0.3, 0.4) is 0 Å². The molecular formula is C28H31N5O2. The van der Waals surface area contributed by atoms with Crippen LogP contribution in [0.25, 0.3) is 11.1 Å². The Balaban J connectivity index is 1.42. The van der Waals surface area contributed by atoms with Crippen molar-refractivity contribution >= 4 is 23.2 Å². The second-order valence-corrected chi connectivity index (χ2v) is 10.1. The molecule has 2 aromatic carbocycles. The Kier molecular flexibility index (Phi) is 5.35. The van der Waals surface area contributed by atoms with Crippen molar-refractivity contribution in [3.63, 3.8) is 0 Å². The number of benzene rings is 2. The van der Waals surface area contributed by atoms with Gasteiger partial charge in [-0.3, -0.25) is 14.3 Å². The highest BCUT2D eigenvalue weighted by molar-refractivity contribution is 5.80. The first kappa shape index (κ1) is 21.9. The molecule has 180 valence electrons. The van der Waals surface area contributed by atoms with Crippen LogP contribution in [0.2, 0.25) is 0 Å². The lowest BCUT2D eigenvalue weighted by molar-refractivity contribution is -0.129. The number of amides is 2. The van der Waals surface area contributed by atoms with Gasteiger partial charge in [-0.05, 0) is 65.6 Å². The molecule has 1 saturated heterocycles. The number of piperidine rings is 1. The third-order valence-electron chi connectivity index (χ3n) is 7.74. The Morgan fingerprint density at radius 1 is 1.09 bits per heavy atom. The maximum absolute atomic E-state index is 12.3. The number of rotatable bonds is 3. The van der Waals surface area contributed by atoms with Gasteiger partial charge in [0.2, 0.25) is 11.8 Å². The number of hydrogen-bond donors (Lipinski definition) is 1. The van der Waals surface area contributed by atoms with Crippen LogP contribution in [-0.4, -0.2) is 39.6 Å². The van der Waals surface area contributed by atoms with E-state index in [0.29, 0.717) is 19.5 Å². The van der Waals surface area contributed by atoms with Crippen molar-refractivity contribution in [2.45, 2.75) is 51.6 Å². The van der Waals surface area contributed by atoms with Crippen LogP contribution in [0.5, 0.6) is 0 Å². The molecule has 1 fully saturated rings. The number of aryl methyl sites for hydroxylation is 2. The molecule has 3 aromatic rings. The molecule has 4 heterocycles. The highest BCUT2D eigenvalue weighted by Crippen LogP contribution is 2.43. The smallest absolute Gasteiger partial charge is 0.220 e. The average Bonchev–Trinajstić information content (AvgIpc) is 3.49. The van der Waals surface area contributed by atoms with Crippen molar-refractivity contribution < 1.29 is 9.59 Å². The highest BCUT2D eigenvalue weighted by atomic mass is 16.2. The molecule has 1 aromatic heterocycles. The first-order valence-corrected chi connectivity index (χ1v) is 12.5. The maximum Gasteiger partial charge on any atom is 0.220 e. The van der Waals surface area contributed by atoms with Gasteiger partial charge < -0.3 is 15.1 Å². The monoisotopic (exact) mass is 469 g/mol. The van der Waals surface area contributed by atoms with E-state index in [-0.39, 0.29) is 17.7 Å². The van der Waals surface area contributed by atoms with Crippen molar-refractivity contribution in [3.05, 3.63) is 65.0 Å². The summed E-state index contributed by atoms with van der Waals surface area (Å²) in [6.07, 6.45) is 7.56. The van der Waals surface area contributed by atoms with Gasteiger partial charge in [0, 0.05) is 75.3 Å².